The van der Waals surface area contributed by atoms with E-state index in [1.165, 1.54) is 0 Å². The van der Waals surface area contributed by atoms with Gasteiger partial charge in [-0.05, 0) is 24.1 Å². The van der Waals surface area contributed by atoms with E-state index in [0.29, 0.717) is 30.3 Å². The monoisotopic (exact) mass is 265 g/mol. The van der Waals surface area contributed by atoms with Crippen LogP contribution in [0, 0.1) is 5.92 Å². The van der Waals surface area contributed by atoms with Crippen LogP contribution in [0.25, 0.3) is 0 Å². The molecule has 0 saturated carbocycles. The molecule has 0 aliphatic carbocycles. The van der Waals surface area contributed by atoms with Crippen LogP contribution in [0.4, 0.5) is 0 Å². The Hall–Kier alpha value is -1.75. The Morgan fingerprint density at radius 2 is 2.00 bits per heavy atom. The molecule has 2 N–H and O–H groups in total. The molecule has 2 rings (SSSR count). The van der Waals surface area contributed by atoms with Gasteiger partial charge in [0.25, 0.3) is 5.91 Å². The fourth-order valence-electron chi connectivity index (χ4n) is 1.86. The summed E-state index contributed by atoms with van der Waals surface area (Å²) in [4.78, 5) is 12.1. The Morgan fingerprint density at radius 1 is 1.32 bits per heavy atom. The summed E-state index contributed by atoms with van der Waals surface area (Å²) in [7, 11) is 0. The van der Waals surface area contributed by atoms with Crippen molar-refractivity contribution >= 4 is 5.91 Å². The van der Waals surface area contributed by atoms with Gasteiger partial charge in [0.1, 0.15) is 13.2 Å². The zero-order chi connectivity index (χ0) is 13.8. The zero-order valence-corrected chi connectivity index (χ0v) is 11.2. The summed E-state index contributed by atoms with van der Waals surface area (Å²) in [6, 6.07) is 4.84. The fourth-order valence-corrected chi connectivity index (χ4v) is 1.86. The number of fused-ring (bicyclic) bond motifs is 1. The van der Waals surface area contributed by atoms with Crippen molar-refractivity contribution in [2.24, 2.45) is 5.92 Å². The van der Waals surface area contributed by atoms with Crippen LogP contribution in [0.2, 0.25) is 0 Å². The molecular weight excluding hydrogens is 246 g/mol. The highest BCUT2D eigenvalue weighted by molar-refractivity contribution is 5.95. The fraction of sp³-hybridized carbons (Fsp3) is 0.500. The van der Waals surface area contributed by atoms with E-state index in [1.807, 2.05) is 13.8 Å². The summed E-state index contributed by atoms with van der Waals surface area (Å²) in [5, 5.41) is 12.0. The minimum Gasteiger partial charge on any atom is -0.486 e. The van der Waals surface area contributed by atoms with E-state index in [-0.39, 0.29) is 24.5 Å². The number of hydrogen-bond acceptors (Lipinski definition) is 4. The first-order valence-corrected chi connectivity index (χ1v) is 6.43. The Kier molecular flexibility index (Phi) is 4.27. The van der Waals surface area contributed by atoms with E-state index in [9.17, 15) is 9.90 Å². The molecule has 5 heteroatoms. The van der Waals surface area contributed by atoms with Crippen molar-refractivity contribution in [1.82, 2.24) is 5.32 Å². The highest BCUT2D eigenvalue weighted by Crippen LogP contribution is 2.30. The summed E-state index contributed by atoms with van der Waals surface area (Å²) >= 11 is 0. The third kappa shape index (κ3) is 3.17. The van der Waals surface area contributed by atoms with Gasteiger partial charge in [-0.15, -0.1) is 0 Å². The van der Waals surface area contributed by atoms with Gasteiger partial charge in [0.05, 0.1) is 12.6 Å². The lowest BCUT2D eigenvalue weighted by Crippen LogP contribution is -2.41. The average molecular weight is 265 g/mol. The van der Waals surface area contributed by atoms with Crippen molar-refractivity contribution in [2.75, 3.05) is 19.8 Å². The van der Waals surface area contributed by atoms with Crippen molar-refractivity contribution in [2.45, 2.75) is 19.9 Å². The number of carbonyl (C=O) groups is 1. The van der Waals surface area contributed by atoms with Crippen molar-refractivity contribution in [3.63, 3.8) is 0 Å². The number of amides is 1. The Bertz CT molecular complexity index is 459. The maximum absolute atomic E-state index is 12.1. The summed E-state index contributed by atoms with van der Waals surface area (Å²) in [5.74, 6) is 1.20. The summed E-state index contributed by atoms with van der Waals surface area (Å²) in [6.45, 7) is 4.84. The van der Waals surface area contributed by atoms with Gasteiger partial charge >= 0.3 is 0 Å². The Balaban J connectivity index is 2.11. The largest absolute Gasteiger partial charge is 0.486 e. The van der Waals surface area contributed by atoms with Crippen LogP contribution in [0.5, 0.6) is 11.5 Å². The second-order valence-corrected chi connectivity index (χ2v) is 4.86. The lowest BCUT2D eigenvalue weighted by molar-refractivity contribution is 0.0895. The van der Waals surface area contributed by atoms with Crippen LogP contribution in [-0.4, -0.2) is 36.9 Å². The molecule has 0 aromatic heterocycles. The molecule has 1 unspecified atom stereocenters. The van der Waals surface area contributed by atoms with Gasteiger partial charge in [0.15, 0.2) is 11.5 Å². The minimum atomic E-state index is -0.249. The quantitative estimate of drug-likeness (QED) is 0.858. The van der Waals surface area contributed by atoms with Gasteiger partial charge in [0.2, 0.25) is 0 Å². The molecule has 0 spiro atoms. The number of aliphatic hydroxyl groups excluding tert-OH is 1. The number of hydrogen-bond donors (Lipinski definition) is 2. The third-order valence-corrected chi connectivity index (χ3v) is 3.12. The maximum Gasteiger partial charge on any atom is 0.251 e. The van der Waals surface area contributed by atoms with Crippen molar-refractivity contribution < 1.29 is 19.4 Å². The van der Waals surface area contributed by atoms with Crippen molar-refractivity contribution in [3.05, 3.63) is 23.8 Å². The molecule has 1 aliphatic rings. The Morgan fingerprint density at radius 3 is 2.63 bits per heavy atom. The number of nitrogens with one attached hydrogen (secondary N) is 1. The average Bonchev–Trinajstić information content (AvgIpc) is 2.43. The minimum absolute atomic E-state index is 0.0754. The highest BCUT2D eigenvalue weighted by atomic mass is 16.6. The van der Waals surface area contributed by atoms with Crippen LogP contribution in [0.15, 0.2) is 18.2 Å². The van der Waals surface area contributed by atoms with E-state index in [0.717, 1.165) is 0 Å². The predicted molar refractivity (Wildman–Crippen MR) is 70.6 cm³/mol. The first-order valence-electron chi connectivity index (χ1n) is 6.43. The van der Waals surface area contributed by atoms with Crippen LogP contribution in [0.1, 0.15) is 24.2 Å². The molecule has 1 heterocycles. The van der Waals surface area contributed by atoms with Crippen LogP contribution in [-0.2, 0) is 0 Å². The van der Waals surface area contributed by atoms with Crippen LogP contribution < -0.4 is 14.8 Å². The summed E-state index contributed by atoms with van der Waals surface area (Å²) < 4.78 is 10.8. The van der Waals surface area contributed by atoms with E-state index in [1.54, 1.807) is 18.2 Å². The molecular formula is C14H19NO4. The molecule has 0 saturated heterocycles. The number of rotatable bonds is 4. The molecule has 5 nitrogen and oxygen atoms in total. The molecule has 0 radical (unpaired) electrons. The predicted octanol–water partition coefficient (Wildman–Crippen LogP) is 1.20. The highest BCUT2D eigenvalue weighted by Gasteiger charge is 2.18. The number of benzene rings is 1. The van der Waals surface area contributed by atoms with Gasteiger partial charge < -0.3 is 19.9 Å². The third-order valence-electron chi connectivity index (χ3n) is 3.12. The van der Waals surface area contributed by atoms with Gasteiger partial charge in [-0.1, -0.05) is 13.8 Å². The van der Waals surface area contributed by atoms with Crippen LogP contribution >= 0.6 is 0 Å². The van der Waals surface area contributed by atoms with E-state index in [4.69, 9.17) is 9.47 Å². The van der Waals surface area contributed by atoms with E-state index in [2.05, 4.69) is 5.32 Å². The molecule has 1 atom stereocenters. The molecule has 1 amide bonds. The van der Waals surface area contributed by atoms with E-state index >= 15 is 0 Å². The number of aliphatic hydroxyl groups is 1. The van der Waals surface area contributed by atoms with Gasteiger partial charge in [-0.25, -0.2) is 0 Å². The molecule has 1 aliphatic heterocycles. The molecule has 104 valence electrons. The zero-order valence-electron chi connectivity index (χ0n) is 11.2. The molecule has 0 bridgehead atoms. The molecule has 1 aromatic carbocycles. The lowest BCUT2D eigenvalue weighted by Gasteiger charge is -2.21. The van der Waals surface area contributed by atoms with Gasteiger partial charge in [-0.3, -0.25) is 4.79 Å². The second kappa shape index (κ2) is 5.93. The summed E-state index contributed by atoms with van der Waals surface area (Å²) in [5.41, 5.74) is 0.503. The number of carbonyl (C=O) groups excluding carboxylic acids is 1. The smallest absolute Gasteiger partial charge is 0.251 e. The number of ether oxygens (including phenoxy) is 2. The normalized spacial score (nSPS) is 15.2. The van der Waals surface area contributed by atoms with Crippen molar-refractivity contribution in [1.29, 1.82) is 0 Å². The van der Waals surface area contributed by atoms with Gasteiger partial charge in [-0.2, -0.15) is 0 Å². The van der Waals surface area contributed by atoms with Crippen LogP contribution in [0.3, 0.4) is 0 Å². The standard InChI is InChI=1S/C14H19NO4/c1-9(2)11(8-16)15-14(17)10-3-4-12-13(7-10)19-6-5-18-12/h3-4,7,9,11,16H,5-6,8H2,1-2H3,(H,15,17). The first-order chi connectivity index (χ1) is 9.11. The first kappa shape index (κ1) is 13.7. The Labute approximate surface area is 112 Å². The topological polar surface area (TPSA) is 67.8 Å². The second-order valence-electron chi connectivity index (χ2n) is 4.86. The van der Waals surface area contributed by atoms with E-state index < -0.39 is 0 Å². The van der Waals surface area contributed by atoms with Gasteiger partial charge in [0, 0.05) is 5.56 Å². The lowest BCUT2D eigenvalue weighted by atomic mass is 10.0. The molecule has 1 aromatic rings. The molecule has 19 heavy (non-hydrogen) atoms. The molecule has 0 fully saturated rings. The SMILES string of the molecule is CC(C)C(CO)NC(=O)c1ccc2c(c1)OCCO2. The van der Waals surface area contributed by atoms with Crippen molar-refractivity contribution in [3.8, 4) is 11.5 Å². The summed E-state index contributed by atoms with van der Waals surface area (Å²) in [6.07, 6.45) is 0. The maximum atomic E-state index is 12.1.